The summed E-state index contributed by atoms with van der Waals surface area (Å²) >= 11 is 3.53. The number of hydrogen-bond donors (Lipinski definition) is 0. The topological polar surface area (TPSA) is 48.0 Å². The largest absolute Gasteiger partial charge is 0.493 e. The number of rotatable bonds is 3. The van der Waals surface area contributed by atoms with Crippen LogP contribution in [-0.4, -0.2) is 32.8 Å². The number of halogens is 1. The molecule has 0 saturated carbocycles. The maximum absolute atomic E-state index is 12.7. The first-order valence-corrected chi connectivity index (χ1v) is 9.01. The maximum Gasteiger partial charge on any atom is 0.231 e. The Balaban J connectivity index is 1.53. The first kappa shape index (κ1) is 16.3. The van der Waals surface area contributed by atoms with Crippen LogP contribution in [-0.2, 0) is 17.6 Å². The first-order chi connectivity index (χ1) is 12.1. The van der Waals surface area contributed by atoms with Gasteiger partial charge in [-0.1, -0.05) is 15.9 Å². The standard InChI is InChI=1S/C19H18BrNO4/c1-21(14-2-3-16-12(8-14)4-5-23-16)19(22)10-13-9-17-18(11-15(13)20)25-7-6-24-17/h2-3,8-9,11H,4-7,10H2,1H3. The van der Waals surface area contributed by atoms with Crippen LogP contribution < -0.4 is 19.1 Å². The van der Waals surface area contributed by atoms with Crippen molar-refractivity contribution in [3.05, 3.63) is 45.9 Å². The lowest BCUT2D eigenvalue weighted by Crippen LogP contribution is -2.28. The number of anilines is 1. The zero-order valence-electron chi connectivity index (χ0n) is 13.9. The molecule has 25 heavy (non-hydrogen) atoms. The van der Waals surface area contributed by atoms with Gasteiger partial charge in [0.15, 0.2) is 11.5 Å². The fourth-order valence-corrected chi connectivity index (χ4v) is 3.51. The highest BCUT2D eigenvalue weighted by Crippen LogP contribution is 2.36. The number of carbonyl (C=O) groups excluding carboxylic acids is 1. The Bertz CT molecular complexity index is 836. The van der Waals surface area contributed by atoms with E-state index in [0.29, 0.717) is 31.3 Å². The highest BCUT2D eigenvalue weighted by Gasteiger charge is 2.20. The number of likely N-dealkylation sites (N-methyl/N-ethyl adjacent to an activating group) is 1. The van der Waals surface area contributed by atoms with Crippen LogP contribution in [0.25, 0.3) is 0 Å². The van der Waals surface area contributed by atoms with Gasteiger partial charge >= 0.3 is 0 Å². The van der Waals surface area contributed by atoms with Crippen molar-refractivity contribution in [1.82, 2.24) is 0 Å². The normalized spacial score (nSPS) is 14.6. The minimum atomic E-state index is 0.0104. The third-order valence-electron chi connectivity index (χ3n) is 4.49. The van der Waals surface area contributed by atoms with Crippen LogP contribution in [0.5, 0.6) is 17.2 Å². The molecule has 0 atom stereocenters. The Morgan fingerprint density at radius 1 is 1.04 bits per heavy atom. The minimum absolute atomic E-state index is 0.0104. The van der Waals surface area contributed by atoms with Gasteiger partial charge in [-0.25, -0.2) is 0 Å². The number of benzene rings is 2. The molecule has 0 aromatic heterocycles. The fourth-order valence-electron chi connectivity index (χ4n) is 3.05. The number of fused-ring (bicyclic) bond motifs is 2. The Morgan fingerprint density at radius 2 is 1.76 bits per heavy atom. The molecular formula is C19H18BrNO4. The lowest BCUT2D eigenvalue weighted by Gasteiger charge is -2.21. The molecular weight excluding hydrogens is 386 g/mol. The summed E-state index contributed by atoms with van der Waals surface area (Å²) in [5.41, 5.74) is 2.91. The second-order valence-electron chi connectivity index (χ2n) is 6.11. The van der Waals surface area contributed by atoms with Gasteiger partial charge in [0.1, 0.15) is 19.0 Å². The van der Waals surface area contributed by atoms with Crippen molar-refractivity contribution in [2.75, 3.05) is 31.8 Å². The van der Waals surface area contributed by atoms with Crippen molar-refractivity contribution in [3.63, 3.8) is 0 Å². The average molecular weight is 404 g/mol. The van der Waals surface area contributed by atoms with Crippen LogP contribution in [0.1, 0.15) is 11.1 Å². The molecule has 0 bridgehead atoms. The number of nitrogens with zero attached hydrogens (tertiary/aromatic N) is 1. The smallest absolute Gasteiger partial charge is 0.231 e. The molecule has 4 rings (SSSR count). The summed E-state index contributed by atoms with van der Waals surface area (Å²) in [5, 5.41) is 0. The molecule has 0 unspecified atom stereocenters. The summed E-state index contributed by atoms with van der Waals surface area (Å²) in [4.78, 5) is 14.4. The predicted octanol–water partition coefficient (Wildman–Crippen LogP) is 3.36. The van der Waals surface area contributed by atoms with E-state index in [1.807, 2.05) is 30.3 Å². The van der Waals surface area contributed by atoms with Crippen molar-refractivity contribution < 1.29 is 19.0 Å². The van der Waals surface area contributed by atoms with Crippen molar-refractivity contribution in [3.8, 4) is 17.2 Å². The zero-order chi connectivity index (χ0) is 17.4. The van der Waals surface area contributed by atoms with Crippen molar-refractivity contribution >= 4 is 27.5 Å². The van der Waals surface area contributed by atoms with Gasteiger partial charge in [0.05, 0.1) is 13.0 Å². The lowest BCUT2D eigenvalue weighted by atomic mass is 10.1. The third kappa shape index (κ3) is 3.18. The van der Waals surface area contributed by atoms with Crippen molar-refractivity contribution in [2.45, 2.75) is 12.8 Å². The molecule has 2 heterocycles. The molecule has 0 N–H and O–H groups in total. The molecule has 2 aliphatic rings. The quantitative estimate of drug-likeness (QED) is 0.788. The molecule has 2 aromatic rings. The first-order valence-electron chi connectivity index (χ1n) is 8.22. The van der Waals surface area contributed by atoms with Crippen LogP contribution in [0.15, 0.2) is 34.8 Å². The summed E-state index contributed by atoms with van der Waals surface area (Å²) in [6, 6.07) is 9.62. The van der Waals surface area contributed by atoms with Crippen LogP contribution >= 0.6 is 15.9 Å². The molecule has 5 nitrogen and oxygen atoms in total. The van der Waals surface area contributed by atoms with E-state index in [9.17, 15) is 4.79 Å². The summed E-state index contributed by atoms with van der Waals surface area (Å²) in [6.07, 6.45) is 1.17. The predicted molar refractivity (Wildman–Crippen MR) is 97.9 cm³/mol. The molecule has 0 radical (unpaired) electrons. The molecule has 2 aliphatic heterocycles. The van der Waals surface area contributed by atoms with Gasteiger partial charge in [0, 0.05) is 23.6 Å². The zero-order valence-corrected chi connectivity index (χ0v) is 15.5. The second kappa shape index (κ2) is 6.59. The van der Waals surface area contributed by atoms with Gasteiger partial charge in [-0.05, 0) is 41.5 Å². The van der Waals surface area contributed by atoms with Gasteiger partial charge in [-0.3, -0.25) is 4.79 Å². The van der Waals surface area contributed by atoms with Gasteiger partial charge in [-0.2, -0.15) is 0 Å². The summed E-state index contributed by atoms with van der Waals surface area (Å²) in [5.74, 6) is 2.33. The molecule has 0 aliphatic carbocycles. The molecule has 130 valence electrons. The highest BCUT2D eigenvalue weighted by atomic mass is 79.9. The number of carbonyl (C=O) groups is 1. The van der Waals surface area contributed by atoms with Crippen molar-refractivity contribution in [2.24, 2.45) is 0 Å². The van der Waals surface area contributed by atoms with Crippen LogP contribution in [0.3, 0.4) is 0 Å². The van der Waals surface area contributed by atoms with Crippen molar-refractivity contribution in [1.29, 1.82) is 0 Å². The number of hydrogen-bond acceptors (Lipinski definition) is 4. The van der Waals surface area contributed by atoms with E-state index < -0.39 is 0 Å². The molecule has 2 aromatic carbocycles. The average Bonchev–Trinajstić information content (AvgIpc) is 3.09. The third-order valence-corrected chi connectivity index (χ3v) is 5.23. The van der Waals surface area contributed by atoms with E-state index in [1.54, 1.807) is 11.9 Å². The van der Waals surface area contributed by atoms with E-state index in [-0.39, 0.29) is 12.3 Å². The van der Waals surface area contributed by atoms with Crippen LogP contribution in [0, 0.1) is 0 Å². The highest BCUT2D eigenvalue weighted by molar-refractivity contribution is 9.10. The summed E-state index contributed by atoms with van der Waals surface area (Å²) in [6.45, 7) is 1.78. The number of amides is 1. The fraction of sp³-hybridized carbons (Fsp3) is 0.316. The van der Waals surface area contributed by atoms with E-state index in [0.717, 1.165) is 33.5 Å². The molecule has 0 spiro atoms. The lowest BCUT2D eigenvalue weighted by molar-refractivity contribution is -0.117. The van der Waals surface area contributed by atoms with Gasteiger partial charge in [0.2, 0.25) is 5.91 Å². The Kier molecular flexibility index (Phi) is 4.29. The molecule has 0 fully saturated rings. The van der Waals surface area contributed by atoms with Crippen LogP contribution in [0.2, 0.25) is 0 Å². The molecule has 1 amide bonds. The van der Waals surface area contributed by atoms with E-state index >= 15 is 0 Å². The van der Waals surface area contributed by atoms with Gasteiger partial charge < -0.3 is 19.1 Å². The van der Waals surface area contributed by atoms with Gasteiger partial charge in [0.25, 0.3) is 0 Å². The van der Waals surface area contributed by atoms with Gasteiger partial charge in [-0.15, -0.1) is 0 Å². The minimum Gasteiger partial charge on any atom is -0.493 e. The summed E-state index contributed by atoms with van der Waals surface area (Å²) in [7, 11) is 1.80. The van der Waals surface area contributed by atoms with E-state index in [4.69, 9.17) is 14.2 Å². The number of ether oxygens (including phenoxy) is 3. The molecule has 6 heteroatoms. The Labute approximate surface area is 154 Å². The second-order valence-corrected chi connectivity index (χ2v) is 6.96. The maximum atomic E-state index is 12.7. The Hall–Kier alpha value is -2.21. The van der Waals surface area contributed by atoms with E-state index in [1.165, 1.54) is 0 Å². The summed E-state index contributed by atoms with van der Waals surface area (Å²) < 4.78 is 17.5. The SMILES string of the molecule is CN(C(=O)Cc1cc2c(cc1Br)OCCO2)c1ccc2c(c1)CCO2. The van der Waals surface area contributed by atoms with Crippen LogP contribution in [0.4, 0.5) is 5.69 Å². The van der Waals surface area contributed by atoms with E-state index in [2.05, 4.69) is 15.9 Å². The monoisotopic (exact) mass is 403 g/mol. The Morgan fingerprint density at radius 3 is 2.56 bits per heavy atom. The molecule has 0 saturated heterocycles.